The highest BCUT2D eigenvalue weighted by molar-refractivity contribution is 7.14. The topological polar surface area (TPSA) is 59.3 Å². The zero-order valence-corrected chi connectivity index (χ0v) is 16.1. The number of carbonyl (C=O) groups is 1. The maximum Gasteiger partial charge on any atom is 0.281 e. The summed E-state index contributed by atoms with van der Waals surface area (Å²) in [6, 6.07) is 9.94. The van der Waals surface area contributed by atoms with E-state index in [0.717, 1.165) is 34.9 Å². The first kappa shape index (κ1) is 17.7. The van der Waals surface area contributed by atoms with Crippen molar-refractivity contribution in [2.45, 2.75) is 32.6 Å². The maximum atomic E-state index is 12.4. The molecular formula is C21H22N4OS. The van der Waals surface area contributed by atoms with Crippen LogP contribution >= 0.6 is 11.3 Å². The molecule has 1 amide bonds. The lowest BCUT2D eigenvalue weighted by Crippen LogP contribution is -2.16. The molecule has 1 aliphatic carbocycles. The van der Waals surface area contributed by atoms with Gasteiger partial charge in [0.2, 0.25) is 0 Å². The van der Waals surface area contributed by atoms with Gasteiger partial charge in [-0.1, -0.05) is 25.5 Å². The monoisotopic (exact) mass is 378 g/mol. The van der Waals surface area contributed by atoms with Gasteiger partial charge in [-0.2, -0.15) is 5.10 Å². The first-order valence-electron chi connectivity index (χ1n) is 9.26. The zero-order valence-electron chi connectivity index (χ0n) is 15.3. The fourth-order valence-electron chi connectivity index (χ4n) is 3.42. The van der Waals surface area contributed by atoms with E-state index in [1.807, 2.05) is 41.1 Å². The predicted molar refractivity (Wildman–Crippen MR) is 109 cm³/mol. The number of hydrazone groups is 1. The van der Waals surface area contributed by atoms with Crippen LogP contribution in [-0.2, 0) is 12.8 Å². The number of carbonyl (C=O) groups excluding carboxylic acids is 1. The molecule has 1 unspecified atom stereocenters. The smallest absolute Gasteiger partial charge is 0.281 e. The lowest BCUT2D eigenvalue weighted by atomic mass is 9.87. The largest absolute Gasteiger partial charge is 0.306 e. The molecule has 5 nitrogen and oxygen atoms in total. The first-order valence-corrected chi connectivity index (χ1v) is 10.1. The summed E-state index contributed by atoms with van der Waals surface area (Å²) in [5, 5.41) is 4.11. The van der Waals surface area contributed by atoms with Crippen LogP contribution in [0.25, 0.3) is 5.69 Å². The number of rotatable bonds is 5. The number of hydrogen-bond donors (Lipinski definition) is 1. The van der Waals surface area contributed by atoms with E-state index >= 15 is 0 Å². The number of aromatic nitrogens is 2. The lowest BCUT2D eigenvalue weighted by Gasteiger charge is -2.19. The summed E-state index contributed by atoms with van der Waals surface area (Å²) in [5.41, 5.74) is 5.96. The van der Waals surface area contributed by atoms with E-state index in [0.29, 0.717) is 0 Å². The second kappa shape index (κ2) is 7.88. The minimum Gasteiger partial charge on any atom is -0.306 e. The van der Waals surface area contributed by atoms with Crippen molar-refractivity contribution in [1.29, 1.82) is 0 Å². The van der Waals surface area contributed by atoms with Gasteiger partial charge >= 0.3 is 0 Å². The molecule has 3 aromatic rings. The zero-order chi connectivity index (χ0) is 18.6. The highest BCUT2D eigenvalue weighted by Gasteiger charge is 2.21. The van der Waals surface area contributed by atoms with E-state index in [9.17, 15) is 4.79 Å². The molecule has 1 N–H and O–H groups in total. The molecule has 6 heteroatoms. The third-order valence-electron chi connectivity index (χ3n) is 5.06. The summed E-state index contributed by atoms with van der Waals surface area (Å²) in [5.74, 6) is 0.625. The van der Waals surface area contributed by atoms with Crippen LogP contribution in [0.3, 0.4) is 0 Å². The summed E-state index contributed by atoms with van der Waals surface area (Å²) in [6.45, 7) is 2.24. The van der Waals surface area contributed by atoms with Crippen LogP contribution < -0.4 is 5.43 Å². The van der Waals surface area contributed by atoms with Gasteiger partial charge in [0.05, 0.1) is 17.4 Å². The van der Waals surface area contributed by atoms with Crippen molar-refractivity contribution in [3.63, 3.8) is 0 Å². The Bertz CT molecular complexity index is 941. The van der Waals surface area contributed by atoms with Gasteiger partial charge in [0.1, 0.15) is 0 Å². The molecular weight excluding hydrogens is 356 g/mol. The number of imidazole rings is 1. The Kier molecular flexibility index (Phi) is 5.16. The third kappa shape index (κ3) is 4.01. The van der Waals surface area contributed by atoms with Gasteiger partial charge in [-0.3, -0.25) is 4.79 Å². The number of aryl methyl sites for hydroxylation is 1. The molecule has 2 aromatic heterocycles. The molecule has 0 saturated heterocycles. The highest BCUT2D eigenvalue weighted by atomic mass is 32.1. The van der Waals surface area contributed by atoms with Crippen LogP contribution in [0.4, 0.5) is 0 Å². The van der Waals surface area contributed by atoms with Gasteiger partial charge in [-0.05, 0) is 54.5 Å². The second-order valence-electron chi connectivity index (χ2n) is 6.84. The van der Waals surface area contributed by atoms with Crippen molar-refractivity contribution in [3.05, 3.63) is 69.9 Å². The van der Waals surface area contributed by atoms with Gasteiger partial charge in [-0.15, -0.1) is 11.3 Å². The van der Waals surface area contributed by atoms with E-state index in [2.05, 4.69) is 22.4 Å². The van der Waals surface area contributed by atoms with Gasteiger partial charge in [0, 0.05) is 23.0 Å². The number of hydrogen-bond acceptors (Lipinski definition) is 4. The van der Waals surface area contributed by atoms with Crippen LogP contribution in [0, 0.1) is 5.92 Å². The highest BCUT2D eigenvalue weighted by Crippen LogP contribution is 2.33. The molecule has 0 spiro atoms. The van der Waals surface area contributed by atoms with Crippen molar-refractivity contribution in [2.75, 3.05) is 0 Å². The van der Waals surface area contributed by atoms with Crippen LogP contribution in [0.2, 0.25) is 0 Å². The predicted octanol–water partition coefficient (Wildman–Crippen LogP) is 4.21. The summed E-state index contributed by atoms with van der Waals surface area (Å²) < 4.78 is 1.93. The summed E-state index contributed by atoms with van der Waals surface area (Å²) in [6.07, 6.45) is 11.7. The quantitative estimate of drug-likeness (QED) is 0.534. The molecule has 0 radical (unpaired) electrons. The van der Waals surface area contributed by atoms with Crippen molar-refractivity contribution >= 4 is 23.5 Å². The van der Waals surface area contributed by atoms with Crippen LogP contribution in [0.1, 0.15) is 45.4 Å². The molecule has 4 rings (SSSR count). The van der Waals surface area contributed by atoms with E-state index < -0.39 is 0 Å². The third-order valence-corrected chi connectivity index (χ3v) is 6.30. The summed E-state index contributed by atoms with van der Waals surface area (Å²) in [7, 11) is 0. The van der Waals surface area contributed by atoms with E-state index in [1.165, 1.54) is 23.3 Å². The number of nitrogens with zero attached hydrogens (tertiary/aromatic N) is 3. The minimum atomic E-state index is -0.131. The number of benzene rings is 1. The Balaban J connectivity index is 1.37. The van der Waals surface area contributed by atoms with Gasteiger partial charge in [0.25, 0.3) is 5.91 Å². The Labute approximate surface area is 162 Å². The SMILES string of the molecule is CCC1CCc2sc(C(=O)N/N=C/c3ccc(-n4ccnc4)cc3)cc2C1. The second-order valence-corrected chi connectivity index (χ2v) is 7.97. The molecule has 2 heterocycles. The van der Waals surface area contributed by atoms with E-state index in [1.54, 1.807) is 30.1 Å². The van der Waals surface area contributed by atoms with Crippen molar-refractivity contribution in [2.24, 2.45) is 11.0 Å². The Morgan fingerprint density at radius 1 is 1.41 bits per heavy atom. The molecule has 0 saturated carbocycles. The maximum absolute atomic E-state index is 12.4. The van der Waals surface area contributed by atoms with Gasteiger partial charge in [0.15, 0.2) is 0 Å². The molecule has 0 bridgehead atoms. The fourth-order valence-corrected chi connectivity index (χ4v) is 4.52. The van der Waals surface area contributed by atoms with E-state index in [4.69, 9.17) is 0 Å². The number of thiophene rings is 1. The number of amides is 1. The van der Waals surface area contributed by atoms with Gasteiger partial charge in [-0.25, -0.2) is 10.4 Å². The fraction of sp³-hybridized carbons (Fsp3) is 0.286. The molecule has 1 atom stereocenters. The average Bonchev–Trinajstić information content (AvgIpc) is 3.37. The molecule has 1 aromatic carbocycles. The van der Waals surface area contributed by atoms with Gasteiger partial charge < -0.3 is 4.57 Å². The van der Waals surface area contributed by atoms with E-state index in [-0.39, 0.29) is 5.91 Å². The number of fused-ring (bicyclic) bond motifs is 1. The summed E-state index contributed by atoms with van der Waals surface area (Å²) in [4.78, 5) is 18.5. The molecule has 0 aliphatic heterocycles. The Morgan fingerprint density at radius 3 is 3.00 bits per heavy atom. The normalized spacial score (nSPS) is 16.4. The lowest BCUT2D eigenvalue weighted by molar-refractivity contribution is 0.0959. The van der Waals surface area contributed by atoms with Crippen molar-refractivity contribution in [1.82, 2.24) is 15.0 Å². The standard InChI is InChI=1S/C21H22N4OS/c1-2-15-5-8-19-17(11-15)12-20(27-19)21(26)24-23-13-16-3-6-18(7-4-16)25-10-9-22-14-25/h3-4,6-7,9-10,12-15H,2,5,8,11H2,1H3,(H,24,26)/b23-13+. The van der Waals surface area contributed by atoms with Crippen molar-refractivity contribution in [3.8, 4) is 5.69 Å². The Morgan fingerprint density at radius 2 is 2.26 bits per heavy atom. The molecule has 27 heavy (non-hydrogen) atoms. The number of nitrogens with one attached hydrogen (secondary N) is 1. The minimum absolute atomic E-state index is 0.131. The van der Waals surface area contributed by atoms with Crippen LogP contribution in [-0.4, -0.2) is 21.7 Å². The Hall–Kier alpha value is -2.73. The van der Waals surface area contributed by atoms with Crippen molar-refractivity contribution < 1.29 is 4.79 Å². The van der Waals surface area contributed by atoms with Crippen LogP contribution in [0.5, 0.6) is 0 Å². The first-order chi connectivity index (χ1) is 13.2. The molecule has 1 aliphatic rings. The average molecular weight is 379 g/mol. The van der Waals surface area contributed by atoms with Crippen LogP contribution in [0.15, 0.2) is 54.2 Å². The molecule has 138 valence electrons. The summed E-state index contributed by atoms with van der Waals surface area (Å²) >= 11 is 1.61. The molecule has 0 fully saturated rings.